The van der Waals surface area contributed by atoms with Crippen molar-refractivity contribution in [3.05, 3.63) is 52.0 Å². The van der Waals surface area contributed by atoms with E-state index in [2.05, 4.69) is 20.7 Å². The highest BCUT2D eigenvalue weighted by Crippen LogP contribution is 2.27. The summed E-state index contributed by atoms with van der Waals surface area (Å²) in [4.78, 5) is 0.150. The van der Waals surface area contributed by atoms with E-state index >= 15 is 0 Å². The molecular formula is C13H11BrClNO3S. The van der Waals surface area contributed by atoms with Gasteiger partial charge in [-0.05, 0) is 58.4 Å². The average Bonchev–Trinajstić information content (AvgIpc) is 2.43. The summed E-state index contributed by atoms with van der Waals surface area (Å²) in [6.07, 6.45) is 0. The summed E-state index contributed by atoms with van der Waals surface area (Å²) in [6, 6.07) is 11.0. The van der Waals surface area contributed by atoms with E-state index in [1.165, 1.54) is 25.3 Å². The van der Waals surface area contributed by atoms with Crippen LogP contribution >= 0.6 is 27.5 Å². The minimum Gasteiger partial charge on any atom is -0.497 e. The van der Waals surface area contributed by atoms with E-state index in [0.29, 0.717) is 20.9 Å². The van der Waals surface area contributed by atoms with Crippen molar-refractivity contribution in [2.75, 3.05) is 11.8 Å². The standard InChI is InChI=1S/C13H11BrClNO3S/c1-19-10-3-5-11(6-4-10)20(17,18)16-9-2-7-12(14)13(15)8-9/h2-8,16H,1H3. The lowest BCUT2D eigenvalue weighted by atomic mass is 10.3. The van der Waals surface area contributed by atoms with Crippen molar-refractivity contribution in [1.29, 1.82) is 0 Å². The van der Waals surface area contributed by atoms with E-state index in [9.17, 15) is 8.42 Å². The number of rotatable bonds is 4. The third-order valence-electron chi connectivity index (χ3n) is 2.54. The molecule has 0 aliphatic heterocycles. The Morgan fingerprint density at radius 1 is 1.15 bits per heavy atom. The minimum atomic E-state index is -3.65. The van der Waals surface area contributed by atoms with E-state index in [-0.39, 0.29) is 4.90 Å². The number of anilines is 1. The molecule has 0 atom stereocenters. The van der Waals surface area contributed by atoms with Crippen LogP contribution in [-0.2, 0) is 10.0 Å². The second-order valence-electron chi connectivity index (χ2n) is 3.91. The summed E-state index contributed by atoms with van der Waals surface area (Å²) in [6.45, 7) is 0. The number of methoxy groups -OCH3 is 1. The number of benzene rings is 2. The van der Waals surface area contributed by atoms with Gasteiger partial charge < -0.3 is 4.74 Å². The molecule has 0 aliphatic carbocycles. The van der Waals surface area contributed by atoms with Crippen LogP contribution in [0.4, 0.5) is 5.69 Å². The van der Waals surface area contributed by atoms with Crippen molar-refractivity contribution in [3.63, 3.8) is 0 Å². The largest absolute Gasteiger partial charge is 0.497 e. The van der Waals surface area contributed by atoms with Crippen molar-refractivity contribution in [2.45, 2.75) is 4.90 Å². The number of ether oxygens (including phenoxy) is 1. The maximum Gasteiger partial charge on any atom is 0.261 e. The predicted octanol–water partition coefficient (Wildman–Crippen LogP) is 3.91. The lowest BCUT2D eigenvalue weighted by Crippen LogP contribution is -2.12. The monoisotopic (exact) mass is 375 g/mol. The highest BCUT2D eigenvalue weighted by atomic mass is 79.9. The molecule has 1 N–H and O–H groups in total. The fourth-order valence-electron chi connectivity index (χ4n) is 1.53. The normalized spacial score (nSPS) is 11.2. The second-order valence-corrected chi connectivity index (χ2v) is 6.85. The molecule has 20 heavy (non-hydrogen) atoms. The summed E-state index contributed by atoms with van der Waals surface area (Å²) in [7, 11) is -2.13. The Morgan fingerprint density at radius 3 is 2.35 bits per heavy atom. The molecule has 0 radical (unpaired) electrons. The molecule has 0 bridgehead atoms. The van der Waals surface area contributed by atoms with E-state index in [0.717, 1.165) is 0 Å². The van der Waals surface area contributed by atoms with Gasteiger partial charge in [0.05, 0.1) is 22.7 Å². The van der Waals surface area contributed by atoms with Gasteiger partial charge in [0.2, 0.25) is 0 Å². The molecule has 0 saturated carbocycles. The van der Waals surface area contributed by atoms with Gasteiger partial charge in [0.25, 0.3) is 10.0 Å². The molecular weight excluding hydrogens is 366 g/mol. The van der Waals surface area contributed by atoms with Crippen molar-refractivity contribution < 1.29 is 13.2 Å². The van der Waals surface area contributed by atoms with Gasteiger partial charge in [0.1, 0.15) is 5.75 Å². The number of hydrogen-bond donors (Lipinski definition) is 1. The maximum atomic E-state index is 12.2. The van der Waals surface area contributed by atoms with Gasteiger partial charge in [-0.25, -0.2) is 8.42 Å². The minimum absolute atomic E-state index is 0.150. The third kappa shape index (κ3) is 3.45. The van der Waals surface area contributed by atoms with Gasteiger partial charge in [-0.2, -0.15) is 0 Å². The molecule has 2 aromatic carbocycles. The molecule has 7 heteroatoms. The Morgan fingerprint density at radius 2 is 1.80 bits per heavy atom. The maximum absolute atomic E-state index is 12.2. The molecule has 0 aliphatic rings. The predicted molar refractivity (Wildman–Crippen MR) is 83.0 cm³/mol. The first kappa shape index (κ1) is 15.2. The van der Waals surface area contributed by atoms with Crippen LogP contribution in [0.3, 0.4) is 0 Å². The van der Waals surface area contributed by atoms with E-state index in [1.54, 1.807) is 24.3 Å². The smallest absolute Gasteiger partial charge is 0.261 e. The Labute approximate surface area is 130 Å². The first-order valence-electron chi connectivity index (χ1n) is 5.54. The Hall–Kier alpha value is -1.24. The zero-order valence-electron chi connectivity index (χ0n) is 10.4. The molecule has 2 rings (SSSR count). The van der Waals surface area contributed by atoms with Crippen molar-refractivity contribution in [2.24, 2.45) is 0 Å². The van der Waals surface area contributed by atoms with Crippen LogP contribution in [0, 0.1) is 0 Å². The fraction of sp³-hybridized carbons (Fsp3) is 0.0769. The molecule has 0 aromatic heterocycles. The summed E-state index contributed by atoms with van der Waals surface area (Å²) in [5.41, 5.74) is 0.397. The molecule has 2 aromatic rings. The highest BCUT2D eigenvalue weighted by Gasteiger charge is 2.14. The van der Waals surface area contributed by atoms with Gasteiger partial charge in [0.15, 0.2) is 0 Å². The third-order valence-corrected chi connectivity index (χ3v) is 5.17. The van der Waals surface area contributed by atoms with E-state index in [4.69, 9.17) is 16.3 Å². The van der Waals surface area contributed by atoms with Gasteiger partial charge in [-0.3, -0.25) is 4.72 Å². The van der Waals surface area contributed by atoms with Crippen LogP contribution in [0.5, 0.6) is 5.75 Å². The van der Waals surface area contributed by atoms with Gasteiger partial charge >= 0.3 is 0 Å². The molecule has 0 spiro atoms. The number of hydrogen-bond acceptors (Lipinski definition) is 3. The molecule has 106 valence electrons. The van der Waals surface area contributed by atoms with Crippen LogP contribution in [0.1, 0.15) is 0 Å². The van der Waals surface area contributed by atoms with Crippen molar-refractivity contribution >= 4 is 43.2 Å². The van der Waals surface area contributed by atoms with Crippen LogP contribution in [-0.4, -0.2) is 15.5 Å². The molecule has 0 fully saturated rings. The summed E-state index contributed by atoms with van der Waals surface area (Å²) >= 11 is 9.18. The Bertz CT molecular complexity index is 717. The highest BCUT2D eigenvalue weighted by molar-refractivity contribution is 9.10. The number of nitrogens with one attached hydrogen (secondary N) is 1. The van der Waals surface area contributed by atoms with Crippen LogP contribution < -0.4 is 9.46 Å². The summed E-state index contributed by atoms with van der Waals surface area (Å²) < 4.78 is 32.5. The van der Waals surface area contributed by atoms with Crippen LogP contribution in [0.15, 0.2) is 51.8 Å². The molecule has 4 nitrogen and oxygen atoms in total. The first-order chi connectivity index (χ1) is 9.42. The van der Waals surface area contributed by atoms with Gasteiger partial charge in [0, 0.05) is 4.47 Å². The molecule has 0 amide bonds. The van der Waals surface area contributed by atoms with Crippen LogP contribution in [0.2, 0.25) is 5.02 Å². The molecule has 0 unspecified atom stereocenters. The summed E-state index contributed by atoms with van der Waals surface area (Å²) in [5, 5.41) is 0.430. The number of sulfonamides is 1. The van der Waals surface area contributed by atoms with E-state index in [1.807, 2.05) is 0 Å². The Kier molecular flexibility index (Phi) is 4.57. The second kappa shape index (κ2) is 6.03. The van der Waals surface area contributed by atoms with Crippen molar-refractivity contribution in [3.8, 4) is 5.75 Å². The fourth-order valence-corrected chi connectivity index (χ4v) is 3.01. The lowest BCUT2D eigenvalue weighted by molar-refractivity contribution is 0.414. The SMILES string of the molecule is COc1ccc(S(=O)(=O)Nc2ccc(Br)c(Cl)c2)cc1. The van der Waals surface area contributed by atoms with Gasteiger partial charge in [-0.15, -0.1) is 0 Å². The van der Waals surface area contributed by atoms with Gasteiger partial charge in [-0.1, -0.05) is 11.6 Å². The first-order valence-corrected chi connectivity index (χ1v) is 8.20. The quantitative estimate of drug-likeness (QED) is 0.880. The summed E-state index contributed by atoms with van der Waals surface area (Å²) in [5.74, 6) is 0.593. The van der Waals surface area contributed by atoms with E-state index < -0.39 is 10.0 Å². The zero-order chi connectivity index (χ0) is 14.8. The lowest BCUT2D eigenvalue weighted by Gasteiger charge is -2.09. The number of halogens is 2. The Balaban J connectivity index is 2.27. The molecule has 0 saturated heterocycles. The van der Waals surface area contributed by atoms with Crippen LogP contribution in [0.25, 0.3) is 0 Å². The van der Waals surface area contributed by atoms with Crippen molar-refractivity contribution in [1.82, 2.24) is 0 Å². The zero-order valence-corrected chi connectivity index (χ0v) is 13.6. The topological polar surface area (TPSA) is 55.4 Å². The average molecular weight is 377 g/mol. The molecule has 0 heterocycles.